The lowest BCUT2D eigenvalue weighted by molar-refractivity contribution is -0.386. The Hall–Kier alpha value is -1.33. The number of aliphatic hydroxyl groups excluding tert-OH is 1. The van der Waals surface area contributed by atoms with Crippen LogP contribution < -0.4 is 4.74 Å². The Morgan fingerprint density at radius 1 is 1.39 bits per heavy atom. The van der Waals surface area contributed by atoms with Crippen LogP contribution in [0.25, 0.3) is 0 Å². The number of aliphatic hydroxyl groups is 1. The highest BCUT2D eigenvalue weighted by Gasteiger charge is 2.27. The fourth-order valence-corrected chi connectivity index (χ4v) is 2.27. The monoisotopic (exact) mass is 271 g/mol. The van der Waals surface area contributed by atoms with Crippen molar-refractivity contribution >= 4 is 17.3 Å². The summed E-state index contributed by atoms with van der Waals surface area (Å²) in [5.41, 5.74) is -0.128. The van der Waals surface area contributed by atoms with E-state index >= 15 is 0 Å². The van der Waals surface area contributed by atoms with E-state index in [1.165, 1.54) is 18.2 Å². The Morgan fingerprint density at radius 2 is 2.11 bits per heavy atom. The topological polar surface area (TPSA) is 72.6 Å². The van der Waals surface area contributed by atoms with E-state index in [-0.39, 0.29) is 11.4 Å². The van der Waals surface area contributed by atoms with Gasteiger partial charge in [-0.3, -0.25) is 10.1 Å². The Kier molecular flexibility index (Phi) is 4.04. The third kappa shape index (κ3) is 2.91. The predicted octanol–water partition coefficient (Wildman–Crippen LogP) is 2.93. The van der Waals surface area contributed by atoms with E-state index in [1.54, 1.807) is 0 Å². The number of nitrogens with zero attached hydrogens (tertiary/aromatic N) is 1. The molecule has 2 rings (SSSR count). The summed E-state index contributed by atoms with van der Waals surface area (Å²) in [6.07, 6.45) is 2.31. The summed E-state index contributed by atoms with van der Waals surface area (Å²) in [6.45, 7) is 0. The lowest BCUT2D eigenvalue weighted by Gasteiger charge is -2.27. The molecular formula is C12H14ClNO4. The Labute approximate surface area is 109 Å². The van der Waals surface area contributed by atoms with Crippen LogP contribution in [0.3, 0.4) is 0 Å². The van der Waals surface area contributed by atoms with Crippen molar-refractivity contribution in [1.82, 2.24) is 0 Å². The second-order valence-electron chi connectivity index (χ2n) is 4.38. The number of nitro benzene ring substituents is 1. The van der Waals surface area contributed by atoms with Crippen molar-refractivity contribution in [2.24, 2.45) is 0 Å². The molecular weight excluding hydrogens is 258 g/mol. The second-order valence-corrected chi connectivity index (χ2v) is 4.81. The average molecular weight is 272 g/mol. The molecule has 0 aliphatic heterocycles. The maximum atomic E-state index is 10.9. The minimum atomic E-state index is -0.572. The van der Waals surface area contributed by atoms with Crippen molar-refractivity contribution in [1.29, 1.82) is 0 Å². The van der Waals surface area contributed by atoms with Gasteiger partial charge in [0.1, 0.15) is 6.10 Å². The maximum Gasteiger partial charge on any atom is 0.311 e. The van der Waals surface area contributed by atoms with Gasteiger partial charge in [0.15, 0.2) is 5.75 Å². The van der Waals surface area contributed by atoms with Gasteiger partial charge < -0.3 is 9.84 Å². The first-order valence-corrected chi connectivity index (χ1v) is 6.24. The largest absolute Gasteiger partial charge is 0.481 e. The molecule has 5 nitrogen and oxygen atoms in total. The molecule has 0 aromatic heterocycles. The Balaban J connectivity index is 2.21. The summed E-state index contributed by atoms with van der Waals surface area (Å²) in [6, 6.07) is 4.18. The Bertz CT molecular complexity index is 452. The van der Waals surface area contributed by atoms with Crippen LogP contribution in [0.1, 0.15) is 25.7 Å². The van der Waals surface area contributed by atoms with E-state index in [9.17, 15) is 15.2 Å². The van der Waals surface area contributed by atoms with Crippen molar-refractivity contribution < 1.29 is 14.8 Å². The molecule has 1 saturated carbocycles. The van der Waals surface area contributed by atoms with Gasteiger partial charge in [0.2, 0.25) is 0 Å². The lowest BCUT2D eigenvalue weighted by atomic mass is 9.95. The summed E-state index contributed by atoms with van der Waals surface area (Å²) in [7, 11) is 0. The highest BCUT2D eigenvalue weighted by Crippen LogP contribution is 2.33. The summed E-state index contributed by atoms with van der Waals surface area (Å²) < 4.78 is 5.56. The fourth-order valence-electron chi connectivity index (χ4n) is 2.11. The van der Waals surface area contributed by atoms with Gasteiger partial charge in [-0.25, -0.2) is 0 Å². The van der Waals surface area contributed by atoms with Gasteiger partial charge in [-0.2, -0.15) is 0 Å². The van der Waals surface area contributed by atoms with Crippen LogP contribution >= 0.6 is 11.6 Å². The molecule has 0 unspecified atom stereocenters. The molecule has 0 saturated heterocycles. The van der Waals surface area contributed by atoms with Gasteiger partial charge in [0.05, 0.1) is 11.0 Å². The first-order valence-electron chi connectivity index (χ1n) is 5.86. The van der Waals surface area contributed by atoms with Crippen LogP contribution in [0.2, 0.25) is 5.02 Å². The first kappa shape index (κ1) is 13.1. The number of nitro groups is 1. The molecule has 0 heterocycles. The SMILES string of the molecule is O=[N+]([O-])c1ccc(Cl)cc1O[C@@H]1CCCC[C@H]1O. The zero-order valence-corrected chi connectivity index (χ0v) is 10.5. The van der Waals surface area contributed by atoms with E-state index in [1.807, 2.05) is 0 Å². The van der Waals surface area contributed by atoms with Gasteiger partial charge in [0, 0.05) is 17.2 Å². The van der Waals surface area contributed by atoms with E-state index in [0.29, 0.717) is 17.9 Å². The lowest BCUT2D eigenvalue weighted by Crippen LogP contribution is -2.34. The van der Waals surface area contributed by atoms with Gasteiger partial charge >= 0.3 is 5.69 Å². The number of benzene rings is 1. The molecule has 18 heavy (non-hydrogen) atoms. The highest BCUT2D eigenvalue weighted by molar-refractivity contribution is 6.30. The van der Waals surface area contributed by atoms with Crippen LogP contribution in [0.4, 0.5) is 5.69 Å². The van der Waals surface area contributed by atoms with Gasteiger partial charge in [-0.1, -0.05) is 18.0 Å². The van der Waals surface area contributed by atoms with Crippen LogP contribution in [0, 0.1) is 10.1 Å². The van der Waals surface area contributed by atoms with Crippen LogP contribution in [-0.4, -0.2) is 22.2 Å². The normalized spacial score (nSPS) is 23.7. The van der Waals surface area contributed by atoms with E-state index in [2.05, 4.69) is 0 Å². The molecule has 2 atom stereocenters. The molecule has 0 spiro atoms. The summed E-state index contributed by atoms with van der Waals surface area (Å²) in [4.78, 5) is 10.4. The van der Waals surface area contributed by atoms with Crippen molar-refractivity contribution in [3.8, 4) is 5.75 Å². The average Bonchev–Trinajstić information content (AvgIpc) is 2.32. The van der Waals surface area contributed by atoms with Crippen molar-refractivity contribution in [2.75, 3.05) is 0 Å². The summed E-state index contributed by atoms with van der Waals surface area (Å²) >= 11 is 5.81. The number of rotatable bonds is 3. The molecule has 0 amide bonds. The molecule has 1 fully saturated rings. The maximum absolute atomic E-state index is 10.9. The van der Waals surface area contributed by atoms with Gasteiger partial charge in [-0.15, -0.1) is 0 Å². The molecule has 1 N–H and O–H groups in total. The third-order valence-electron chi connectivity index (χ3n) is 3.06. The second kappa shape index (κ2) is 5.54. The zero-order valence-electron chi connectivity index (χ0n) is 9.71. The quantitative estimate of drug-likeness (QED) is 0.678. The molecule has 1 aliphatic carbocycles. The fraction of sp³-hybridized carbons (Fsp3) is 0.500. The van der Waals surface area contributed by atoms with Gasteiger partial charge in [-0.05, 0) is 25.3 Å². The molecule has 1 aromatic rings. The molecule has 0 radical (unpaired) electrons. The Morgan fingerprint density at radius 3 is 2.78 bits per heavy atom. The van der Waals surface area contributed by atoms with E-state index in [4.69, 9.17) is 16.3 Å². The summed E-state index contributed by atoms with van der Waals surface area (Å²) in [5, 5.41) is 21.1. The van der Waals surface area contributed by atoms with E-state index in [0.717, 1.165) is 12.8 Å². The van der Waals surface area contributed by atoms with E-state index < -0.39 is 17.1 Å². The molecule has 6 heteroatoms. The summed E-state index contributed by atoms with van der Waals surface area (Å²) in [5.74, 6) is 0.124. The number of ether oxygens (including phenoxy) is 1. The van der Waals surface area contributed by atoms with Gasteiger partial charge in [0.25, 0.3) is 0 Å². The van der Waals surface area contributed by atoms with Crippen molar-refractivity contribution in [3.63, 3.8) is 0 Å². The smallest absolute Gasteiger partial charge is 0.311 e. The van der Waals surface area contributed by atoms with Crippen molar-refractivity contribution in [2.45, 2.75) is 37.9 Å². The number of hydrogen-bond donors (Lipinski definition) is 1. The number of halogens is 1. The van der Waals surface area contributed by atoms with Crippen LogP contribution in [-0.2, 0) is 0 Å². The predicted molar refractivity (Wildman–Crippen MR) is 67.0 cm³/mol. The molecule has 98 valence electrons. The molecule has 0 bridgehead atoms. The van der Waals surface area contributed by atoms with Crippen LogP contribution in [0.5, 0.6) is 5.75 Å². The van der Waals surface area contributed by atoms with Crippen LogP contribution in [0.15, 0.2) is 18.2 Å². The molecule has 1 aliphatic rings. The minimum absolute atomic E-state index is 0.124. The minimum Gasteiger partial charge on any atom is -0.481 e. The molecule has 1 aromatic carbocycles. The first-order chi connectivity index (χ1) is 8.58. The number of hydrogen-bond acceptors (Lipinski definition) is 4. The zero-order chi connectivity index (χ0) is 13.1. The highest BCUT2D eigenvalue weighted by atomic mass is 35.5. The van der Waals surface area contributed by atoms with Crippen molar-refractivity contribution in [3.05, 3.63) is 33.3 Å². The third-order valence-corrected chi connectivity index (χ3v) is 3.30. The standard InChI is InChI=1S/C12H14ClNO4/c13-8-5-6-9(14(16)17)12(7-8)18-11-4-2-1-3-10(11)15/h5-7,10-11,15H,1-4H2/t10-,11-/m1/s1.